The Morgan fingerprint density at radius 1 is 1.19 bits per heavy atom. The van der Waals surface area contributed by atoms with Gasteiger partial charge in [-0.15, -0.1) is 0 Å². The van der Waals surface area contributed by atoms with Crippen molar-refractivity contribution in [1.29, 1.82) is 10.5 Å². The highest BCUT2D eigenvalue weighted by Crippen LogP contribution is 2.37. The van der Waals surface area contributed by atoms with E-state index in [1.165, 1.54) is 23.2 Å². The van der Waals surface area contributed by atoms with Crippen molar-refractivity contribution in [1.82, 2.24) is 4.57 Å². The molecule has 2 aromatic rings. The Morgan fingerprint density at radius 3 is 2.31 bits per heavy atom. The van der Waals surface area contributed by atoms with E-state index < -0.39 is 11.7 Å². The summed E-state index contributed by atoms with van der Waals surface area (Å²) in [6.07, 6.45) is -0.307. The van der Waals surface area contributed by atoms with Crippen LogP contribution in [0, 0.1) is 22.7 Å². The summed E-state index contributed by atoms with van der Waals surface area (Å²) in [5.74, 6) is 0. The van der Waals surface area contributed by atoms with Crippen molar-refractivity contribution in [2.45, 2.75) is 6.18 Å². The fourth-order valence-electron chi connectivity index (χ4n) is 1.95. The van der Waals surface area contributed by atoms with Crippen LogP contribution < -0.4 is 5.73 Å². The quantitative estimate of drug-likeness (QED) is 0.612. The Balaban J connectivity index is 2.40. The summed E-state index contributed by atoms with van der Waals surface area (Å²) in [5, 5.41) is 17.2. The average Bonchev–Trinajstić information content (AvgIpc) is 3.02. The first kappa shape index (κ1) is 19.4. The zero-order chi connectivity index (χ0) is 19.5. The van der Waals surface area contributed by atoms with E-state index in [0.29, 0.717) is 5.56 Å². The molecule has 1 aromatic carbocycles. The lowest BCUT2D eigenvalue weighted by molar-refractivity contribution is -0.137. The van der Waals surface area contributed by atoms with Gasteiger partial charge in [-0.3, -0.25) is 0 Å². The Hall–Kier alpha value is -2.94. The highest BCUT2D eigenvalue weighted by atomic mass is 35.5. The van der Waals surface area contributed by atoms with E-state index in [1.807, 2.05) is 0 Å². The molecule has 0 saturated heterocycles. The number of benzene rings is 1. The molecule has 0 aliphatic rings. The van der Waals surface area contributed by atoms with E-state index in [4.69, 9.17) is 39.5 Å². The van der Waals surface area contributed by atoms with Crippen LogP contribution in [0.4, 0.5) is 13.2 Å². The fourth-order valence-corrected chi connectivity index (χ4v) is 2.64. The van der Waals surface area contributed by atoms with Crippen LogP contribution in [0.3, 0.4) is 0 Å². The van der Waals surface area contributed by atoms with E-state index in [1.54, 1.807) is 18.2 Å². The molecular formula is C16H8Cl2F3N5. The zero-order valence-corrected chi connectivity index (χ0v) is 14.2. The number of aliphatic imine (C=N–C) groups is 1. The fraction of sp³-hybridized carbons (Fsp3) is 0.0625. The van der Waals surface area contributed by atoms with Crippen LogP contribution in [0.5, 0.6) is 0 Å². The molecule has 26 heavy (non-hydrogen) atoms. The van der Waals surface area contributed by atoms with E-state index in [0.717, 1.165) is 12.1 Å². The van der Waals surface area contributed by atoms with Crippen molar-refractivity contribution in [3.8, 4) is 17.8 Å². The van der Waals surface area contributed by atoms with Crippen LogP contribution >= 0.6 is 23.2 Å². The maximum Gasteiger partial charge on any atom is 0.416 e. The zero-order valence-electron chi connectivity index (χ0n) is 12.7. The number of alkyl halides is 3. The molecule has 0 unspecified atom stereocenters. The molecule has 132 valence electrons. The number of nitrogens with zero attached hydrogens (tertiary/aromatic N) is 4. The summed E-state index contributed by atoms with van der Waals surface area (Å²) in [6, 6.07) is 6.40. The summed E-state index contributed by atoms with van der Waals surface area (Å²) in [4.78, 5) is 3.80. The Bertz CT molecular complexity index is 968. The van der Waals surface area contributed by atoms with Gasteiger partial charge in [-0.25, -0.2) is 4.99 Å². The average molecular weight is 398 g/mol. The monoisotopic (exact) mass is 397 g/mol. The van der Waals surface area contributed by atoms with Gasteiger partial charge in [0.05, 0.1) is 21.3 Å². The molecule has 0 saturated carbocycles. The number of allylic oxidation sites excluding steroid dienone is 2. The van der Waals surface area contributed by atoms with Crippen molar-refractivity contribution >= 4 is 29.4 Å². The van der Waals surface area contributed by atoms with Gasteiger partial charge in [-0.2, -0.15) is 23.7 Å². The number of hydrogen-bond donors (Lipinski definition) is 1. The largest absolute Gasteiger partial charge is 0.416 e. The minimum atomic E-state index is -4.57. The van der Waals surface area contributed by atoms with Crippen molar-refractivity contribution in [3.63, 3.8) is 0 Å². The summed E-state index contributed by atoms with van der Waals surface area (Å²) in [7, 11) is 0. The molecule has 0 fully saturated rings. The van der Waals surface area contributed by atoms with Gasteiger partial charge in [0, 0.05) is 24.2 Å². The topological polar surface area (TPSA) is 90.9 Å². The van der Waals surface area contributed by atoms with Gasteiger partial charge in [0.15, 0.2) is 5.70 Å². The van der Waals surface area contributed by atoms with Crippen LogP contribution in [0.1, 0.15) is 11.1 Å². The molecule has 0 amide bonds. The smallest absolute Gasteiger partial charge is 0.388 e. The molecule has 2 N–H and O–H groups in total. The standard InChI is InChI=1S/C16H8Cl2F3N5/c17-11-3-10(16(19,20)21)4-12(18)15(11)26-2-1-9(8-26)7-25-14(6-23)13(24)5-22/h1-4,7-8H,24H2. The minimum Gasteiger partial charge on any atom is -0.388 e. The molecule has 0 bridgehead atoms. The number of nitriles is 2. The molecule has 0 radical (unpaired) electrons. The Labute approximate surface area is 156 Å². The summed E-state index contributed by atoms with van der Waals surface area (Å²) in [6.45, 7) is 0. The van der Waals surface area contributed by atoms with E-state index in [9.17, 15) is 13.2 Å². The van der Waals surface area contributed by atoms with Crippen molar-refractivity contribution < 1.29 is 13.2 Å². The normalized spacial score (nSPS) is 12.6. The lowest BCUT2D eigenvalue weighted by Gasteiger charge is -2.13. The third-order valence-electron chi connectivity index (χ3n) is 3.14. The van der Waals surface area contributed by atoms with Crippen LogP contribution in [-0.4, -0.2) is 10.8 Å². The third kappa shape index (κ3) is 4.17. The Morgan fingerprint density at radius 2 is 1.81 bits per heavy atom. The first-order valence-corrected chi connectivity index (χ1v) is 7.51. The van der Waals surface area contributed by atoms with Crippen LogP contribution in [0.15, 0.2) is 47.0 Å². The molecule has 0 aliphatic carbocycles. The maximum atomic E-state index is 12.8. The molecular weight excluding hydrogens is 390 g/mol. The van der Waals surface area contributed by atoms with Gasteiger partial charge < -0.3 is 10.3 Å². The molecule has 1 heterocycles. The molecule has 10 heteroatoms. The number of nitrogens with two attached hydrogens (primary N) is 1. The predicted octanol–water partition coefficient (Wildman–Crippen LogP) is 4.44. The lowest BCUT2D eigenvalue weighted by Crippen LogP contribution is -2.06. The van der Waals surface area contributed by atoms with Crippen LogP contribution in [0.2, 0.25) is 10.0 Å². The van der Waals surface area contributed by atoms with Crippen molar-refractivity contribution in [2.75, 3.05) is 0 Å². The van der Waals surface area contributed by atoms with Crippen molar-refractivity contribution in [2.24, 2.45) is 10.7 Å². The highest BCUT2D eigenvalue weighted by molar-refractivity contribution is 6.37. The first-order chi connectivity index (χ1) is 12.2. The second-order valence-electron chi connectivity index (χ2n) is 4.88. The molecule has 0 spiro atoms. The number of hydrogen-bond acceptors (Lipinski definition) is 4. The Kier molecular flexibility index (Phi) is 5.61. The maximum absolute atomic E-state index is 12.8. The molecule has 0 atom stereocenters. The second-order valence-corrected chi connectivity index (χ2v) is 5.70. The van der Waals surface area contributed by atoms with E-state index in [-0.39, 0.29) is 27.1 Å². The summed E-state index contributed by atoms with van der Waals surface area (Å²) >= 11 is 11.9. The van der Waals surface area contributed by atoms with Crippen LogP contribution in [-0.2, 0) is 6.18 Å². The number of rotatable bonds is 3. The van der Waals surface area contributed by atoms with Gasteiger partial charge in [0.25, 0.3) is 0 Å². The predicted molar refractivity (Wildman–Crippen MR) is 90.8 cm³/mol. The molecule has 5 nitrogen and oxygen atoms in total. The lowest BCUT2D eigenvalue weighted by atomic mass is 10.2. The summed E-state index contributed by atoms with van der Waals surface area (Å²) < 4.78 is 39.8. The summed E-state index contributed by atoms with van der Waals surface area (Å²) in [5.41, 5.74) is 4.42. The van der Waals surface area contributed by atoms with Gasteiger partial charge in [0.1, 0.15) is 17.8 Å². The molecule has 0 aliphatic heterocycles. The van der Waals surface area contributed by atoms with E-state index >= 15 is 0 Å². The molecule has 1 aromatic heterocycles. The van der Waals surface area contributed by atoms with Gasteiger partial charge in [0.2, 0.25) is 0 Å². The van der Waals surface area contributed by atoms with E-state index in [2.05, 4.69) is 4.99 Å². The van der Waals surface area contributed by atoms with Crippen LogP contribution in [0.25, 0.3) is 5.69 Å². The van der Waals surface area contributed by atoms with Gasteiger partial charge in [-0.05, 0) is 18.2 Å². The van der Waals surface area contributed by atoms with Gasteiger partial charge >= 0.3 is 6.18 Å². The first-order valence-electron chi connectivity index (χ1n) is 6.76. The van der Waals surface area contributed by atoms with Crippen molar-refractivity contribution in [3.05, 3.63) is 63.2 Å². The highest BCUT2D eigenvalue weighted by Gasteiger charge is 2.32. The SMILES string of the molecule is N#CC(N)=C(C#N)N=Cc1ccn(-c2c(Cl)cc(C(F)(F)F)cc2Cl)c1. The minimum absolute atomic E-state index is 0.161. The molecule has 2 rings (SSSR count). The number of halogens is 5. The third-order valence-corrected chi connectivity index (χ3v) is 3.72. The number of aromatic nitrogens is 1. The second kappa shape index (κ2) is 7.52. The van der Waals surface area contributed by atoms with Gasteiger partial charge in [-0.1, -0.05) is 23.2 Å².